The van der Waals surface area contributed by atoms with Crippen molar-refractivity contribution in [2.75, 3.05) is 0 Å². The SMILES string of the molecule is NC(=O)C(Sc1nnc(-c2nn(Cc3ccccc3)c(=O)c3ccccc23)o1)c1ccccc1. The predicted molar refractivity (Wildman–Crippen MR) is 129 cm³/mol. The van der Waals surface area contributed by atoms with Crippen LogP contribution in [-0.4, -0.2) is 25.9 Å². The van der Waals surface area contributed by atoms with Gasteiger partial charge >= 0.3 is 0 Å². The van der Waals surface area contributed by atoms with Crippen LogP contribution in [0.25, 0.3) is 22.4 Å². The van der Waals surface area contributed by atoms with Gasteiger partial charge in [-0.15, -0.1) is 10.2 Å². The van der Waals surface area contributed by atoms with Gasteiger partial charge in [-0.25, -0.2) is 4.68 Å². The van der Waals surface area contributed by atoms with Crippen LogP contribution >= 0.6 is 11.8 Å². The van der Waals surface area contributed by atoms with Crippen LogP contribution in [0.2, 0.25) is 0 Å². The largest absolute Gasteiger partial charge is 0.409 e. The van der Waals surface area contributed by atoms with Crippen molar-refractivity contribution >= 4 is 28.4 Å². The molecule has 8 nitrogen and oxygen atoms in total. The highest BCUT2D eigenvalue weighted by Crippen LogP contribution is 2.35. The van der Waals surface area contributed by atoms with Crippen molar-refractivity contribution in [1.29, 1.82) is 0 Å². The second-order valence-electron chi connectivity index (χ2n) is 7.53. The molecule has 9 heteroatoms. The summed E-state index contributed by atoms with van der Waals surface area (Å²) in [6, 6.07) is 25.9. The number of nitrogens with two attached hydrogens (primary N) is 1. The number of carbonyl (C=O) groups is 1. The minimum absolute atomic E-state index is 0.150. The van der Waals surface area contributed by atoms with Crippen LogP contribution < -0.4 is 11.3 Å². The van der Waals surface area contributed by atoms with E-state index in [9.17, 15) is 9.59 Å². The fraction of sp³-hybridized carbons (Fsp3) is 0.0800. The zero-order chi connectivity index (χ0) is 23.5. The van der Waals surface area contributed by atoms with Crippen LogP contribution in [0, 0.1) is 0 Å². The van der Waals surface area contributed by atoms with Crippen LogP contribution in [0.1, 0.15) is 16.4 Å². The Morgan fingerprint density at radius 3 is 2.26 bits per heavy atom. The van der Waals surface area contributed by atoms with E-state index in [1.54, 1.807) is 18.2 Å². The smallest absolute Gasteiger partial charge is 0.278 e. The molecule has 1 unspecified atom stereocenters. The maximum atomic E-state index is 13.1. The molecule has 0 bridgehead atoms. The first-order valence-electron chi connectivity index (χ1n) is 10.5. The summed E-state index contributed by atoms with van der Waals surface area (Å²) >= 11 is 1.07. The third-order valence-electron chi connectivity index (χ3n) is 5.23. The molecule has 0 aliphatic rings. The molecule has 1 atom stereocenters. The monoisotopic (exact) mass is 469 g/mol. The molecule has 0 saturated heterocycles. The lowest BCUT2D eigenvalue weighted by Gasteiger charge is -2.10. The van der Waals surface area contributed by atoms with E-state index in [0.29, 0.717) is 23.0 Å². The van der Waals surface area contributed by atoms with E-state index < -0.39 is 11.2 Å². The Labute approximate surface area is 198 Å². The van der Waals surface area contributed by atoms with Crippen LogP contribution in [-0.2, 0) is 11.3 Å². The first kappa shape index (κ1) is 21.6. The number of carbonyl (C=O) groups excluding carboxylic acids is 1. The maximum Gasteiger partial charge on any atom is 0.278 e. The molecule has 1 amide bonds. The second-order valence-corrected chi connectivity index (χ2v) is 8.58. The van der Waals surface area contributed by atoms with E-state index in [-0.39, 0.29) is 16.7 Å². The van der Waals surface area contributed by atoms with E-state index in [0.717, 1.165) is 22.9 Å². The summed E-state index contributed by atoms with van der Waals surface area (Å²) in [5.74, 6) is -0.368. The Balaban J connectivity index is 1.54. The first-order chi connectivity index (χ1) is 16.6. The minimum atomic E-state index is -0.689. The number of aromatic nitrogens is 4. The van der Waals surface area contributed by atoms with Crippen molar-refractivity contribution in [3.63, 3.8) is 0 Å². The van der Waals surface area contributed by atoms with Gasteiger partial charge in [0.2, 0.25) is 5.91 Å². The second kappa shape index (κ2) is 9.32. The molecule has 0 fully saturated rings. The average Bonchev–Trinajstić information content (AvgIpc) is 3.34. The van der Waals surface area contributed by atoms with Gasteiger partial charge in [-0.1, -0.05) is 78.9 Å². The van der Waals surface area contributed by atoms with Crippen molar-refractivity contribution in [3.8, 4) is 11.6 Å². The zero-order valence-electron chi connectivity index (χ0n) is 17.9. The standard InChI is InChI=1S/C25H19N5O3S/c26-22(31)21(17-11-5-2-6-12-17)34-25-28-27-23(33-25)20-18-13-7-8-14-19(18)24(32)30(29-20)15-16-9-3-1-4-10-16/h1-14,21H,15H2,(H2,26,31). The molecule has 3 aromatic carbocycles. The molecule has 0 aliphatic heterocycles. The Morgan fingerprint density at radius 1 is 0.912 bits per heavy atom. The summed E-state index contributed by atoms with van der Waals surface area (Å²) in [4.78, 5) is 25.1. The molecule has 2 heterocycles. The fourth-order valence-corrected chi connectivity index (χ4v) is 4.45. The molecule has 2 N–H and O–H groups in total. The van der Waals surface area contributed by atoms with Crippen molar-refractivity contribution in [3.05, 3.63) is 106 Å². The van der Waals surface area contributed by atoms with E-state index in [1.807, 2.05) is 66.7 Å². The third-order valence-corrected chi connectivity index (χ3v) is 6.34. The molecule has 168 valence electrons. The summed E-state index contributed by atoms with van der Waals surface area (Å²) < 4.78 is 7.27. The van der Waals surface area contributed by atoms with Gasteiger partial charge in [0.05, 0.1) is 11.9 Å². The summed E-state index contributed by atoms with van der Waals surface area (Å²) in [5.41, 5.74) is 7.47. The van der Waals surface area contributed by atoms with E-state index >= 15 is 0 Å². The van der Waals surface area contributed by atoms with E-state index in [1.165, 1.54) is 4.68 Å². The quantitative estimate of drug-likeness (QED) is 0.360. The number of hydrogen-bond donors (Lipinski definition) is 1. The highest BCUT2D eigenvalue weighted by molar-refractivity contribution is 8.00. The molecule has 5 aromatic rings. The molecule has 0 radical (unpaired) electrons. The number of nitrogens with zero attached hydrogens (tertiary/aromatic N) is 4. The normalized spacial score (nSPS) is 12.0. The van der Waals surface area contributed by atoms with Crippen LogP contribution in [0.15, 0.2) is 99.4 Å². The molecule has 0 saturated carbocycles. The lowest BCUT2D eigenvalue weighted by Crippen LogP contribution is -2.24. The summed E-state index contributed by atoms with van der Waals surface area (Å²) in [6.07, 6.45) is 0. The number of hydrogen-bond acceptors (Lipinski definition) is 7. The van der Waals surface area contributed by atoms with Crippen LogP contribution in [0.5, 0.6) is 0 Å². The van der Waals surface area contributed by atoms with Crippen molar-refractivity contribution in [2.45, 2.75) is 17.0 Å². The summed E-state index contributed by atoms with van der Waals surface area (Å²) in [5, 5.41) is 13.4. The van der Waals surface area contributed by atoms with Gasteiger partial charge in [-0.05, 0) is 29.0 Å². The maximum absolute atomic E-state index is 13.1. The van der Waals surface area contributed by atoms with Gasteiger partial charge in [0.15, 0.2) is 5.69 Å². The van der Waals surface area contributed by atoms with Crippen molar-refractivity contribution in [2.24, 2.45) is 5.73 Å². The number of primary amides is 1. The van der Waals surface area contributed by atoms with Gasteiger partial charge < -0.3 is 10.2 Å². The fourth-order valence-electron chi connectivity index (χ4n) is 3.63. The van der Waals surface area contributed by atoms with Crippen molar-refractivity contribution < 1.29 is 9.21 Å². The number of thioether (sulfide) groups is 1. The predicted octanol–water partition coefficient (Wildman–Crippen LogP) is 3.81. The molecule has 2 aromatic heterocycles. The molecule has 34 heavy (non-hydrogen) atoms. The average molecular weight is 470 g/mol. The van der Waals surface area contributed by atoms with E-state index in [4.69, 9.17) is 10.2 Å². The molecule has 0 spiro atoms. The van der Waals surface area contributed by atoms with Gasteiger partial charge in [0, 0.05) is 5.39 Å². The Morgan fingerprint density at radius 2 is 1.56 bits per heavy atom. The van der Waals surface area contributed by atoms with Gasteiger partial charge in [-0.3, -0.25) is 9.59 Å². The summed E-state index contributed by atoms with van der Waals surface area (Å²) in [6.45, 7) is 0.297. The lowest BCUT2D eigenvalue weighted by atomic mass is 10.1. The number of fused-ring (bicyclic) bond motifs is 1. The van der Waals surface area contributed by atoms with Gasteiger partial charge in [-0.2, -0.15) is 5.10 Å². The minimum Gasteiger partial charge on any atom is -0.409 e. The van der Waals surface area contributed by atoms with Crippen LogP contribution in [0.4, 0.5) is 0 Å². The summed E-state index contributed by atoms with van der Waals surface area (Å²) in [7, 11) is 0. The van der Waals surface area contributed by atoms with E-state index in [2.05, 4.69) is 15.3 Å². The lowest BCUT2D eigenvalue weighted by molar-refractivity contribution is -0.117. The molecule has 5 rings (SSSR count). The molecule has 0 aliphatic carbocycles. The highest BCUT2D eigenvalue weighted by Gasteiger charge is 2.24. The molecular weight excluding hydrogens is 450 g/mol. The molecular formula is C25H19N5O3S. The number of amides is 1. The van der Waals surface area contributed by atoms with Crippen LogP contribution in [0.3, 0.4) is 0 Å². The highest BCUT2D eigenvalue weighted by atomic mass is 32.2. The number of benzene rings is 3. The Kier molecular flexibility index (Phi) is 5.92. The number of rotatable bonds is 7. The Hall–Kier alpha value is -4.24. The van der Waals surface area contributed by atoms with Crippen molar-refractivity contribution in [1.82, 2.24) is 20.0 Å². The first-order valence-corrected chi connectivity index (χ1v) is 11.4. The van der Waals surface area contributed by atoms with Gasteiger partial charge in [0.25, 0.3) is 16.7 Å². The Bertz CT molecular complexity index is 1520. The third kappa shape index (κ3) is 4.33. The zero-order valence-corrected chi connectivity index (χ0v) is 18.7. The van der Waals surface area contributed by atoms with Gasteiger partial charge in [0.1, 0.15) is 5.25 Å². The topological polar surface area (TPSA) is 117 Å².